The highest BCUT2D eigenvalue weighted by Gasteiger charge is 2.36. The smallest absolute Gasteiger partial charge is 0.147 e. The van der Waals surface area contributed by atoms with E-state index >= 15 is 0 Å². The van der Waals surface area contributed by atoms with Crippen LogP contribution >= 0.6 is 0 Å². The lowest BCUT2D eigenvalue weighted by Crippen LogP contribution is -2.46. The highest BCUT2D eigenvalue weighted by Crippen LogP contribution is 2.27. The number of ether oxygens (including phenoxy) is 8. The van der Waals surface area contributed by atoms with E-state index in [4.69, 9.17) is 37.9 Å². The molecule has 0 aliphatic rings. The number of aliphatic hydroxyl groups is 1. The second kappa shape index (κ2) is 17.5. The first kappa shape index (κ1) is 30.1. The fraction of sp³-hybridized carbons (Fsp3) is 0.600. The van der Waals surface area contributed by atoms with E-state index in [1.807, 2.05) is 31.2 Å². The van der Waals surface area contributed by atoms with Crippen molar-refractivity contribution >= 4 is 0 Å². The van der Waals surface area contributed by atoms with E-state index in [-0.39, 0.29) is 27.0 Å². The Kier molecular flexibility index (Phi) is 15.4. The molecule has 1 N–H and O–H groups in total. The molecule has 0 heterocycles. The van der Waals surface area contributed by atoms with Crippen LogP contribution < -0.4 is 9.47 Å². The van der Waals surface area contributed by atoms with Crippen molar-refractivity contribution in [3.05, 3.63) is 49.1 Å². The summed E-state index contributed by atoms with van der Waals surface area (Å²) in [7, 11) is 6.24. The Hall–Kier alpha value is -1.98. The van der Waals surface area contributed by atoms with Crippen LogP contribution in [0.25, 0.3) is 0 Å². The zero-order valence-corrected chi connectivity index (χ0v) is 20.9. The monoisotopic (exact) mass is 484 g/mol. The average molecular weight is 485 g/mol. The Morgan fingerprint density at radius 1 is 0.941 bits per heavy atom. The number of hydrogen-bond acceptors (Lipinski definition) is 9. The van der Waals surface area contributed by atoms with Crippen LogP contribution in [-0.4, -0.2) is 84.4 Å². The third-order valence-electron chi connectivity index (χ3n) is 4.97. The normalized spacial score (nSPS) is 16.1. The van der Waals surface area contributed by atoms with E-state index < -0.39 is 23.9 Å². The first-order chi connectivity index (χ1) is 16.4. The lowest BCUT2D eigenvalue weighted by atomic mass is 9.92. The molecule has 1 rings (SSSR count). The Balaban J connectivity index is 3.05. The standard InChI is InChI=1S/C25H40O9/c1-7-8-20(26)13-14-25(2,34-19-29-5)24(33-18-28-4)15-23(32-17-27-3)16-31-22-11-9-21(30-6)10-12-22/h7,9-14,20,23-24,26H,1,8,15-19H2,2-6H3/t20-,23-,24-,25-/m1/s1. The summed E-state index contributed by atoms with van der Waals surface area (Å²) in [5, 5.41) is 10.2. The lowest BCUT2D eigenvalue weighted by Gasteiger charge is -2.36. The van der Waals surface area contributed by atoms with Crippen molar-refractivity contribution in [3.63, 3.8) is 0 Å². The van der Waals surface area contributed by atoms with Crippen LogP contribution in [0.2, 0.25) is 0 Å². The maximum absolute atomic E-state index is 10.2. The van der Waals surface area contributed by atoms with Gasteiger partial charge >= 0.3 is 0 Å². The molecule has 0 aliphatic heterocycles. The molecule has 1 aromatic rings. The SMILES string of the molecule is C=CC[C@@H](O)C=C[C@@](C)(OCOC)[C@@H](C[C@H](COc1ccc(OC)cc1)OCOC)OCOC. The molecule has 194 valence electrons. The highest BCUT2D eigenvalue weighted by molar-refractivity contribution is 5.31. The number of rotatable bonds is 20. The van der Waals surface area contributed by atoms with Gasteiger partial charge in [-0.05, 0) is 37.6 Å². The summed E-state index contributed by atoms with van der Waals surface area (Å²) in [6, 6.07) is 7.28. The molecule has 0 radical (unpaired) electrons. The Labute approximate surface area is 203 Å². The van der Waals surface area contributed by atoms with Crippen LogP contribution in [0.4, 0.5) is 0 Å². The minimum absolute atomic E-state index is 0.0250. The van der Waals surface area contributed by atoms with E-state index in [0.717, 1.165) is 5.75 Å². The van der Waals surface area contributed by atoms with Crippen molar-refractivity contribution in [3.8, 4) is 11.5 Å². The topological polar surface area (TPSA) is 94.1 Å². The fourth-order valence-electron chi connectivity index (χ4n) is 3.05. The summed E-state index contributed by atoms with van der Waals surface area (Å²) in [4.78, 5) is 0. The van der Waals surface area contributed by atoms with Crippen molar-refractivity contribution in [1.29, 1.82) is 0 Å². The third-order valence-corrected chi connectivity index (χ3v) is 4.97. The third kappa shape index (κ3) is 11.4. The van der Waals surface area contributed by atoms with Gasteiger partial charge in [-0.2, -0.15) is 0 Å². The molecule has 0 saturated heterocycles. The predicted octanol–water partition coefficient (Wildman–Crippen LogP) is 3.31. The Morgan fingerprint density at radius 2 is 1.56 bits per heavy atom. The van der Waals surface area contributed by atoms with Crippen LogP contribution in [0.15, 0.2) is 49.1 Å². The summed E-state index contributed by atoms with van der Waals surface area (Å²) in [5.41, 5.74) is -0.967. The van der Waals surface area contributed by atoms with E-state index in [2.05, 4.69) is 6.58 Å². The summed E-state index contributed by atoms with van der Waals surface area (Å²) in [6.45, 7) is 5.89. The van der Waals surface area contributed by atoms with Gasteiger partial charge in [0.2, 0.25) is 0 Å². The molecule has 0 saturated carbocycles. The first-order valence-electron chi connectivity index (χ1n) is 11.0. The van der Waals surface area contributed by atoms with E-state index in [0.29, 0.717) is 18.6 Å². The van der Waals surface area contributed by atoms with Gasteiger partial charge in [0.05, 0.1) is 25.4 Å². The van der Waals surface area contributed by atoms with Gasteiger partial charge in [-0.15, -0.1) is 6.58 Å². The molecule has 0 bridgehead atoms. The van der Waals surface area contributed by atoms with Gasteiger partial charge in [0.25, 0.3) is 0 Å². The molecule has 0 fully saturated rings. The summed E-state index contributed by atoms with van der Waals surface area (Å²) < 4.78 is 44.4. The molecule has 4 atom stereocenters. The maximum atomic E-state index is 10.2. The Bertz CT molecular complexity index is 679. The van der Waals surface area contributed by atoms with Crippen LogP contribution in [0.3, 0.4) is 0 Å². The van der Waals surface area contributed by atoms with Crippen LogP contribution in [0.5, 0.6) is 11.5 Å². The molecular weight excluding hydrogens is 444 g/mol. The number of benzene rings is 1. The fourth-order valence-corrected chi connectivity index (χ4v) is 3.05. The molecule has 9 heteroatoms. The van der Waals surface area contributed by atoms with E-state index in [1.54, 1.807) is 39.6 Å². The second-order valence-corrected chi connectivity index (χ2v) is 7.66. The molecule has 34 heavy (non-hydrogen) atoms. The minimum Gasteiger partial charge on any atom is -0.497 e. The molecule has 0 unspecified atom stereocenters. The van der Waals surface area contributed by atoms with Gasteiger partial charge in [0.1, 0.15) is 44.1 Å². The maximum Gasteiger partial charge on any atom is 0.147 e. The van der Waals surface area contributed by atoms with Crippen molar-refractivity contribution in [2.45, 2.75) is 43.7 Å². The average Bonchev–Trinajstić information content (AvgIpc) is 2.85. The lowest BCUT2D eigenvalue weighted by molar-refractivity contribution is -0.197. The van der Waals surface area contributed by atoms with Gasteiger partial charge in [0, 0.05) is 27.8 Å². The molecule has 1 aromatic carbocycles. The van der Waals surface area contributed by atoms with Crippen LogP contribution in [-0.2, 0) is 28.4 Å². The van der Waals surface area contributed by atoms with Gasteiger partial charge in [-0.3, -0.25) is 0 Å². The van der Waals surface area contributed by atoms with Crippen molar-refractivity contribution in [2.24, 2.45) is 0 Å². The first-order valence-corrected chi connectivity index (χ1v) is 11.0. The van der Waals surface area contributed by atoms with Crippen molar-refractivity contribution < 1.29 is 43.0 Å². The zero-order chi connectivity index (χ0) is 25.2. The van der Waals surface area contributed by atoms with Crippen molar-refractivity contribution in [1.82, 2.24) is 0 Å². The van der Waals surface area contributed by atoms with Crippen LogP contribution in [0, 0.1) is 0 Å². The number of aliphatic hydroxyl groups excluding tert-OH is 1. The molecular formula is C25H40O9. The Morgan fingerprint density at radius 3 is 2.15 bits per heavy atom. The minimum atomic E-state index is -0.967. The number of hydrogen-bond donors (Lipinski definition) is 1. The predicted molar refractivity (Wildman–Crippen MR) is 128 cm³/mol. The van der Waals surface area contributed by atoms with Gasteiger partial charge < -0.3 is 43.0 Å². The summed E-state index contributed by atoms with van der Waals surface area (Å²) in [5.74, 6) is 1.41. The summed E-state index contributed by atoms with van der Waals surface area (Å²) >= 11 is 0. The molecule has 0 amide bonds. The zero-order valence-electron chi connectivity index (χ0n) is 20.9. The highest BCUT2D eigenvalue weighted by atomic mass is 16.7. The largest absolute Gasteiger partial charge is 0.497 e. The molecule has 0 aromatic heterocycles. The van der Waals surface area contributed by atoms with Crippen LogP contribution in [0.1, 0.15) is 19.8 Å². The molecule has 9 nitrogen and oxygen atoms in total. The second-order valence-electron chi connectivity index (χ2n) is 7.66. The van der Waals surface area contributed by atoms with Gasteiger partial charge in [-0.1, -0.05) is 18.2 Å². The van der Waals surface area contributed by atoms with Gasteiger partial charge in [-0.25, -0.2) is 0 Å². The summed E-state index contributed by atoms with van der Waals surface area (Å²) in [6.07, 6.45) is 4.21. The molecule has 0 spiro atoms. The molecule has 0 aliphatic carbocycles. The van der Waals surface area contributed by atoms with E-state index in [9.17, 15) is 5.11 Å². The van der Waals surface area contributed by atoms with E-state index in [1.165, 1.54) is 7.11 Å². The van der Waals surface area contributed by atoms with Gasteiger partial charge in [0.15, 0.2) is 0 Å². The number of methoxy groups -OCH3 is 4. The van der Waals surface area contributed by atoms with Crippen molar-refractivity contribution in [2.75, 3.05) is 55.4 Å². The quantitative estimate of drug-likeness (QED) is 0.221.